The van der Waals surface area contributed by atoms with Crippen LogP contribution in [0.4, 0.5) is 17.6 Å². The van der Waals surface area contributed by atoms with Gasteiger partial charge in [0.15, 0.2) is 0 Å². The van der Waals surface area contributed by atoms with Crippen LogP contribution in [0.5, 0.6) is 0 Å². The summed E-state index contributed by atoms with van der Waals surface area (Å²) in [5, 5.41) is 2.51. The number of likely N-dealkylation sites (tertiary alicyclic amines) is 1. The van der Waals surface area contributed by atoms with Gasteiger partial charge in [-0.05, 0) is 43.0 Å². The number of amides is 1. The zero-order valence-electron chi connectivity index (χ0n) is 13.6. The fourth-order valence-electron chi connectivity index (χ4n) is 3.05. The molecule has 1 aromatic rings. The second kappa shape index (κ2) is 7.96. The summed E-state index contributed by atoms with van der Waals surface area (Å²) in [5.41, 5.74) is -1.19. The molecule has 0 aromatic heterocycles. The molecule has 1 fully saturated rings. The van der Waals surface area contributed by atoms with Crippen LogP contribution in [0.2, 0.25) is 0 Å². The minimum absolute atomic E-state index is 0.137. The van der Waals surface area contributed by atoms with Crippen molar-refractivity contribution in [1.29, 1.82) is 0 Å². The Kier molecular flexibility index (Phi) is 6.21. The van der Waals surface area contributed by atoms with E-state index in [0.717, 1.165) is 44.5 Å². The molecule has 0 radical (unpaired) electrons. The first kappa shape index (κ1) is 18.7. The molecule has 2 rings (SSSR count). The second-order valence-corrected chi connectivity index (χ2v) is 6.23. The van der Waals surface area contributed by atoms with Crippen molar-refractivity contribution >= 4 is 5.91 Å². The summed E-state index contributed by atoms with van der Waals surface area (Å²) in [6, 6.07) is 2.48. The summed E-state index contributed by atoms with van der Waals surface area (Å²) in [4.78, 5) is 14.0. The molecule has 1 aliphatic rings. The SMILES string of the molecule is CCC1CCCN(CC(=O)NCc2ccc(F)cc2C(F)(F)F)C1. The maximum Gasteiger partial charge on any atom is 0.416 e. The highest BCUT2D eigenvalue weighted by Crippen LogP contribution is 2.32. The van der Waals surface area contributed by atoms with Crippen molar-refractivity contribution in [2.45, 2.75) is 38.9 Å². The lowest BCUT2D eigenvalue weighted by Gasteiger charge is -2.31. The molecule has 7 heteroatoms. The predicted molar refractivity (Wildman–Crippen MR) is 82.7 cm³/mol. The first-order chi connectivity index (χ1) is 11.3. The summed E-state index contributed by atoms with van der Waals surface area (Å²) < 4.78 is 51.8. The minimum atomic E-state index is -4.65. The highest BCUT2D eigenvalue weighted by atomic mass is 19.4. The molecule has 1 unspecified atom stereocenters. The number of hydrogen-bond acceptors (Lipinski definition) is 2. The van der Waals surface area contributed by atoms with Gasteiger partial charge in [-0.2, -0.15) is 13.2 Å². The zero-order valence-corrected chi connectivity index (χ0v) is 13.6. The number of hydrogen-bond donors (Lipinski definition) is 1. The van der Waals surface area contributed by atoms with Crippen LogP contribution in [0.3, 0.4) is 0 Å². The summed E-state index contributed by atoms with van der Waals surface area (Å²) in [7, 11) is 0. The maximum absolute atomic E-state index is 13.1. The largest absolute Gasteiger partial charge is 0.416 e. The molecule has 1 amide bonds. The highest BCUT2D eigenvalue weighted by molar-refractivity contribution is 5.78. The lowest BCUT2D eigenvalue weighted by Crippen LogP contribution is -2.42. The average molecular weight is 346 g/mol. The Balaban J connectivity index is 1.92. The van der Waals surface area contributed by atoms with E-state index in [1.807, 2.05) is 4.90 Å². The van der Waals surface area contributed by atoms with Crippen LogP contribution in [0.15, 0.2) is 18.2 Å². The number of piperidine rings is 1. The van der Waals surface area contributed by atoms with Gasteiger partial charge in [0.1, 0.15) is 5.82 Å². The predicted octanol–water partition coefficient (Wildman–Crippen LogP) is 3.58. The van der Waals surface area contributed by atoms with E-state index in [4.69, 9.17) is 0 Å². The first-order valence-electron chi connectivity index (χ1n) is 8.14. The molecule has 1 heterocycles. The van der Waals surface area contributed by atoms with Crippen LogP contribution < -0.4 is 5.32 Å². The molecular formula is C17H22F4N2O. The van der Waals surface area contributed by atoms with Gasteiger partial charge in [-0.25, -0.2) is 4.39 Å². The fourth-order valence-corrected chi connectivity index (χ4v) is 3.05. The second-order valence-electron chi connectivity index (χ2n) is 6.23. The van der Waals surface area contributed by atoms with E-state index in [-0.39, 0.29) is 24.6 Å². The van der Waals surface area contributed by atoms with Crippen LogP contribution in [0.25, 0.3) is 0 Å². The van der Waals surface area contributed by atoms with E-state index in [9.17, 15) is 22.4 Å². The van der Waals surface area contributed by atoms with Crippen molar-refractivity contribution in [3.8, 4) is 0 Å². The van der Waals surface area contributed by atoms with Gasteiger partial charge in [-0.15, -0.1) is 0 Å². The Morgan fingerprint density at radius 2 is 2.12 bits per heavy atom. The molecular weight excluding hydrogens is 324 g/mol. The number of nitrogens with one attached hydrogen (secondary N) is 1. The van der Waals surface area contributed by atoms with E-state index < -0.39 is 17.6 Å². The van der Waals surface area contributed by atoms with Crippen molar-refractivity contribution in [1.82, 2.24) is 10.2 Å². The van der Waals surface area contributed by atoms with E-state index in [0.29, 0.717) is 12.0 Å². The molecule has 0 aliphatic carbocycles. The van der Waals surface area contributed by atoms with E-state index in [1.54, 1.807) is 0 Å². The molecule has 1 saturated heterocycles. The normalized spacial score (nSPS) is 19.3. The van der Waals surface area contributed by atoms with Gasteiger partial charge in [-0.3, -0.25) is 9.69 Å². The Labute approximate surface area is 139 Å². The van der Waals surface area contributed by atoms with Crippen molar-refractivity contribution < 1.29 is 22.4 Å². The molecule has 3 nitrogen and oxygen atoms in total. The van der Waals surface area contributed by atoms with Gasteiger partial charge in [-0.1, -0.05) is 19.4 Å². The molecule has 1 atom stereocenters. The third-order valence-corrected chi connectivity index (χ3v) is 4.40. The molecule has 0 spiro atoms. The molecule has 24 heavy (non-hydrogen) atoms. The number of rotatable bonds is 5. The summed E-state index contributed by atoms with van der Waals surface area (Å²) in [5.74, 6) is -0.694. The highest BCUT2D eigenvalue weighted by Gasteiger charge is 2.33. The molecule has 0 saturated carbocycles. The van der Waals surface area contributed by atoms with Gasteiger partial charge in [0.2, 0.25) is 5.91 Å². The lowest BCUT2D eigenvalue weighted by molar-refractivity contribution is -0.138. The van der Waals surface area contributed by atoms with Gasteiger partial charge >= 0.3 is 6.18 Å². The lowest BCUT2D eigenvalue weighted by atomic mass is 9.96. The number of carbonyl (C=O) groups is 1. The van der Waals surface area contributed by atoms with Crippen molar-refractivity contribution in [2.24, 2.45) is 5.92 Å². The van der Waals surface area contributed by atoms with Crippen molar-refractivity contribution in [3.05, 3.63) is 35.1 Å². The number of halogens is 4. The molecule has 1 aliphatic heterocycles. The molecule has 134 valence electrons. The molecule has 0 bridgehead atoms. The summed E-state index contributed by atoms with van der Waals surface area (Å²) in [6.07, 6.45) is -1.41. The maximum atomic E-state index is 13.1. The number of nitrogens with zero attached hydrogens (tertiary/aromatic N) is 1. The third-order valence-electron chi connectivity index (χ3n) is 4.40. The van der Waals surface area contributed by atoms with Crippen LogP contribution >= 0.6 is 0 Å². The number of carbonyl (C=O) groups excluding carboxylic acids is 1. The van der Waals surface area contributed by atoms with Gasteiger partial charge in [0.05, 0.1) is 12.1 Å². The standard InChI is InChI=1S/C17H22F4N2O/c1-2-12-4-3-7-23(10-12)11-16(24)22-9-13-5-6-14(18)8-15(13)17(19,20)21/h5-6,8,12H,2-4,7,9-11H2,1H3,(H,22,24). The van der Waals surface area contributed by atoms with E-state index in [1.165, 1.54) is 0 Å². The smallest absolute Gasteiger partial charge is 0.351 e. The summed E-state index contributed by atoms with van der Waals surface area (Å²) in [6.45, 7) is 3.70. The van der Waals surface area contributed by atoms with Gasteiger partial charge in [0.25, 0.3) is 0 Å². The minimum Gasteiger partial charge on any atom is -0.351 e. The molecule has 1 N–H and O–H groups in total. The van der Waals surface area contributed by atoms with Crippen LogP contribution in [-0.2, 0) is 17.5 Å². The summed E-state index contributed by atoms with van der Waals surface area (Å²) >= 11 is 0. The van der Waals surface area contributed by atoms with Crippen LogP contribution in [0, 0.1) is 11.7 Å². The number of benzene rings is 1. The van der Waals surface area contributed by atoms with Gasteiger partial charge < -0.3 is 5.32 Å². The number of alkyl halides is 3. The monoisotopic (exact) mass is 346 g/mol. The topological polar surface area (TPSA) is 32.3 Å². The Bertz CT molecular complexity index is 574. The zero-order chi connectivity index (χ0) is 17.7. The fraction of sp³-hybridized carbons (Fsp3) is 0.588. The Morgan fingerprint density at radius 1 is 1.38 bits per heavy atom. The average Bonchev–Trinajstić information content (AvgIpc) is 2.53. The Morgan fingerprint density at radius 3 is 2.79 bits per heavy atom. The quantitative estimate of drug-likeness (QED) is 0.827. The third kappa shape index (κ3) is 5.19. The molecule has 1 aromatic carbocycles. The van der Waals surface area contributed by atoms with Crippen molar-refractivity contribution in [2.75, 3.05) is 19.6 Å². The van der Waals surface area contributed by atoms with Crippen LogP contribution in [-0.4, -0.2) is 30.4 Å². The first-order valence-corrected chi connectivity index (χ1v) is 8.14. The van der Waals surface area contributed by atoms with Crippen LogP contribution in [0.1, 0.15) is 37.3 Å². The Hall–Kier alpha value is -1.63. The van der Waals surface area contributed by atoms with Crippen molar-refractivity contribution in [3.63, 3.8) is 0 Å². The van der Waals surface area contributed by atoms with E-state index in [2.05, 4.69) is 12.2 Å². The van der Waals surface area contributed by atoms with Gasteiger partial charge in [0, 0.05) is 13.1 Å². The van der Waals surface area contributed by atoms with E-state index >= 15 is 0 Å².